The van der Waals surface area contributed by atoms with E-state index < -0.39 is 0 Å². The predicted molar refractivity (Wildman–Crippen MR) is 84.7 cm³/mol. The third kappa shape index (κ3) is 2.67. The Hall–Kier alpha value is -0.930. The van der Waals surface area contributed by atoms with Gasteiger partial charge in [0.15, 0.2) is 0 Å². The first kappa shape index (κ1) is 13.1. The molecule has 1 aromatic carbocycles. The number of hydrogen-bond donors (Lipinski definition) is 2. The number of H-pyrrole nitrogens is 1. The number of hydrogen-bond acceptors (Lipinski definition) is 2. The molecule has 1 heterocycles. The zero-order chi connectivity index (χ0) is 13.1. The zero-order valence-electron chi connectivity index (χ0n) is 11.5. The van der Waals surface area contributed by atoms with Gasteiger partial charge >= 0.3 is 0 Å². The van der Waals surface area contributed by atoms with Crippen molar-refractivity contribution < 1.29 is 0 Å². The van der Waals surface area contributed by atoms with Crippen LogP contribution in [0.4, 0.5) is 0 Å². The number of thioether (sulfide) groups is 1. The van der Waals surface area contributed by atoms with Gasteiger partial charge in [0.25, 0.3) is 0 Å². The summed E-state index contributed by atoms with van der Waals surface area (Å²) in [5.41, 5.74) is 2.65. The number of aromatic amines is 1. The summed E-state index contributed by atoms with van der Waals surface area (Å²) in [7, 11) is 0. The van der Waals surface area contributed by atoms with Gasteiger partial charge in [0.2, 0.25) is 0 Å². The molecule has 1 fully saturated rings. The molecule has 1 saturated carbocycles. The molecule has 3 rings (SSSR count). The summed E-state index contributed by atoms with van der Waals surface area (Å²) in [6.07, 6.45) is 9.82. The number of nitrogens with one attached hydrogen (secondary N) is 2. The summed E-state index contributed by atoms with van der Waals surface area (Å²) in [6.45, 7) is 2.09. The fourth-order valence-electron chi connectivity index (χ4n) is 3.19. The second kappa shape index (κ2) is 5.59. The van der Waals surface area contributed by atoms with E-state index >= 15 is 0 Å². The standard InChI is InChI=1S/C16H22N2S/c1-19-16(8-2-3-9-16)12-17-11-14-6-4-5-13-7-10-18-15(13)14/h4-7,10,17-18H,2-3,8-9,11-12H2,1H3. The Balaban J connectivity index is 1.64. The molecule has 0 radical (unpaired) electrons. The summed E-state index contributed by atoms with van der Waals surface area (Å²) in [4.78, 5) is 3.34. The van der Waals surface area contributed by atoms with Gasteiger partial charge in [-0.1, -0.05) is 31.0 Å². The molecular weight excluding hydrogens is 252 g/mol. The molecule has 2 N–H and O–H groups in total. The highest BCUT2D eigenvalue weighted by Gasteiger charge is 2.32. The average molecular weight is 274 g/mol. The van der Waals surface area contributed by atoms with Gasteiger partial charge in [-0.3, -0.25) is 0 Å². The second-order valence-electron chi connectivity index (χ2n) is 5.56. The van der Waals surface area contributed by atoms with Crippen molar-refractivity contribution in [2.45, 2.75) is 37.0 Å². The van der Waals surface area contributed by atoms with E-state index in [1.165, 1.54) is 42.1 Å². The van der Waals surface area contributed by atoms with Crippen LogP contribution in [0.15, 0.2) is 30.5 Å². The summed E-state index contributed by atoms with van der Waals surface area (Å²) in [5.74, 6) is 0. The van der Waals surface area contributed by atoms with Crippen LogP contribution in [0.3, 0.4) is 0 Å². The van der Waals surface area contributed by atoms with Gasteiger partial charge in [-0.25, -0.2) is 0 Å². The van der Waals surface area contributed by atoms with Crippen molar-refractivity contribution in [3.05, 3.63) is 36.0 Å². The van der Waals surface area contributed by atoms with Crippen LogP contribution in [-0.2, 0) is 6.54 Å². The largest absolute Gasteiger partial charge is 0.361 e. The SMILES string of the molecule is CSC1(CNCc2cccc3cc[nH]c23)CCCC1. The molecule has 1 aliphatic carbocycles. The summed E-state index contributed by atoms with van der Waals surface area (Å²) < 4.78 is 0.490. The molecule has 0 aliphatic heterocycles. The first-order chi connectivity index (χ1) is 9.33. The molecule has 0 unspecified atom stereocenters. The fraction of sp³-hybridized carbons (Fsp3) is 0.500. The highest BCUT2D eigenvalue weighted by atomic mass is 32.2. The maximum absolute atomic E-state index is 3.68. The number of para-hydroxylation sites is 1. The molecule has 1 aromatic heterocycles. The number of fused-ring (bicyclic) bond motifs is 1. The van der Waals surface area contributed by atoms with Crippen molar-refractivity contribution in [1.82, 2.24) is 10.3 Å². The summed E-state index contributed by atoms with van der Waals surface area (Å²) in [6, 6.07) is 8.66. The Morgan fingerprint density at radius 1 is 1.26 bits per heavy atom. The van der Waals surface area contributed by atoms with Gasteiger partial charge in [-0.2, -0.15) is 11.8 Å². The Morgan fingerprint density at radius 3 is 2.89 bits per heavy atom. The van der Waals surface area contributed by atoms with Crippen LogP contribution in [0.5, 0.6) is 0 Å². The van der Waals surface area contributed by atoms with Gasteiger partial charge in [-0.15, -0.1) is 0 Å². The Labute approximate surface area is 119 Å². The smallest absolute Gasteiger partial charge is 0.0499 e. The third-order valence-corrected chi connectivity index (χ3v) is 5.80. The topological polar surface area (TPSA) is 27.8 Å². The van der Waals surface area contributed by atoms with E-state index in [0.29, 0.717) is 4.75 Å². The lowest BCUT2D eigenvalue weighted by Gasteiger charge is -2.27. The van der Waals surface area contributed by atoms with Gasteiger partial charge in [0.05, 0.1) is 0 Å². The van der Waals surface area contributed by atoms with Gasteiger partial charge in [0.1, 0.15) is 0 Å². The van der Waals surface area contributed by atoms with E-state index in [0.717, 1.165) is 13.1 Å². The van der Waals surface area contributed by atoms with E-state index in [1.807, 2.05) is 18.0 Å². The van der Waals surface area contributed by atoms with Crippen molar-refractivity contribution in [1.29, 1.82) is 0 Å². The van der Waals surface area contributed by atoms with E-state index in [4.69, 9.17) is 0 Å². The predicted octanol–water partition coefficient (Wildman–Crippen LogP) is 3.93. The monoisotopic (exact) mass is 274 g/mol. The van der Waals surface area contributed by atoms with E-state index in [-0.39, 0.29) is 0 Å². The van der Waals surface area contributed by atoms with Crippen LogP contribution in [0.1, 0.15) is 31.2 Å². The van der Waals surface area contributed by atoms with Crippen LogP contribution >= 0.6 is 11.8 Å². The molecule has 19 heavy (non-hydrogen) atoms. The highest BCUT2D eigenvalue weighted by Crippen LogP contribution is 2.39. The minimum atomic E-state index is 0.490. The molecule has 102 valence electrons. The fourth-order valence-corrected chi connectivity index (χ4v) is 4.14. The summed E-state index contributed by atoms with van der Waals surface area (Å²) in [5, 5.41) is 4.98. The zero-order valence-corrected chi connectivity index (χ0v) is 12.4. The normalized spacial score (nSPS) is 18.2. The van der Waals surface area contributed by atoms with E-state index in [1.54, 1.807) is 0 Å². The van der Waals surface area contributed by atoms with Crippen LogP contribution in [0.2, 0.25) is 0 Å². The quantitative estimate of drug-likeness (QED) is 0.864. The lowest BCUT2D eigenvalue weighted by Crippen LogP contribution is -2.34. The van der Waals surface area contributed by atoms with Crippen molar-refractivity contribution in [2.75, 3.05) is 12.8 Å². The van der Waals surface area contributed by atoms with Crippen molar-refractivity contribution in [2.24, 2.45) is 0 Å². The minimum absolute atomic E-state index is 0.490. The Morgan fingerprint density at radius 2 is 2.11 bits per heavy atom. The van der Waals surface area contributed by atoms with Crippen LogP contribution in [-0.4, -0.2) is 22.5 Å². The molecule has 1 aliphatic rings. The van der Waals surface area contributed by atoms with E-state index in [2.05, 4.69) is 40.8 Å². The summed E-state index contributed by atoms with van der Waals surface area (Å²) >= 11 is 2.05. The highest BCUT2D eigenvalue weighted by molar-refractivity contribution is 8.00. The van der Waals surface area contributed by atoms with Crippen molar-refractivity contribution in [3.63, 3.8) is 0 Å². The van der Waals surface area contributed by atoms with E-state index in [9.17, 15) is 0 Å². The van der Waals surface area contributed by atoms with Crippen LogP contribution in [0, 0.1) is 0 Å². The molecule has 2 aromatic rings. The minimum Gasteiger partial charge on any atom is -0.361 e. The van der Waals surface area contributed by atoms with Gasteiger partial charge in [-0.05, 0) is 36.1 Å². The van der Waals surface area contributed by atoms with Crippen molar-refractivity contribution in [3.8, 4) is 0 Å². The molecule has 0 amide bonds. The maximum atomic E-state index is 3.68. The lowest BCUT2D eigenvalue weighted by atomic mass is 10.1. The molecular formula is C16H22N2S. The maximum Gasteiger partial charge on any atom is 0.0499 e. The molecule has 0 spiro atoms. The lowest BCUT2D eigenvalue weighted by molar-refractivity contribution is 0.534. The Kier molecular flexibility index (Phi) is 3.85. The first-order valence-electron chi connectivity index (χ1n) is 7.14. The number of rotatable bonds is 5. The van der Waals surface area contributed by atoms with Gasteiger partial charge < -0.3 is 10.3 Å². The molecule has 0 saturated heterocycles. The Bertz CT molecular complexity index is 540. The molecule has 3 heteroatoms. The first-order valence-corrected chi connectivity index (χ1v) is 8.36. The van der Waals surface area contributed by atoms with Crippen LogP contribution in [0.25, 0.3) is 10.9 Å². The number of aromatic nitrogens is 1. The third-order valence-electron chi connectivity index (χ3n) is 4.38. The second-order valence-corrected chi connectivity index (χ2v) is 6.83. The molecule has 2 nitrogen and oxygen atoms in total. The number of benzene rings is 1. The molecule has 0 bridgehead atoms. The molecule has 0 atom stereocenters. The van der Waals surface area contributed by atoms with Crippen molar-refractivity contribution >= 4 is 22.7 Å². The average Bonchev–Trinajstić information content (AvgIpc) is 3.08. The van der Waals surface area contributed by atoms with Gasteiger partial charge in [0, 0.05) is 29.6 Å². The van der Waals surface area contributed by atoms with Crippen LogP contribution < -0.4 is 5.32 Å².